The summed E-state index contributed by atoms with van der Waals surface area (Å²) in [6.07, 6.45) is 0. The summed E-state index contributed by atoms with van der Waals surface area (Å²) in [7, 11) is 0. The van der Waals surface area contributed by atoms with E-state index < -0.39 is 0 Å². The molecule has 0 aliphatic heterocycles. The van der Waals surface area contributed by atoms with Gasteiger partial charge in [0.1, 0.15) is 17.2 Å². The van der Waals surface area contributed by atoms with Crippen LogP contribution in [0.15, 0.2) is 66.7 Å². The van der Waals surface area contributed by atoms with E-state index in [0.717, 1.165) is 44.9 Å². The Morgan fingerprint density at radius 3 is 1.62 bits per heavy atom. The van der Waals surface area contributed by atoms with E-state index in [1.54, 1.807) is 24.3 Å². The molecule has 0 atom stereocenters. The van der Waals surface area contributed by atoms with Crippen molar-refractivity contribution in [3.63, 3.8) is 0 Å². The van der Waals surface area contributed by atoms with Gasteiger partial charge in [0.15, 0.2) is 11.5 Å². The van der Waals surface area contributed by atoms with Crippen molar-refractivity contribution in [1.29, 1.82) is 0 Å². The van der Waals surface area contributed by atoms with Crippen LogP contribution in [0, 0.1) is 34.6 Å². The zero-order valence-corrected chi connectivity index (χ0v) is 20.0. The average Bonchev–Trinajstić information content (AvgIpc) is 2.79. The van der Waals surface area contributed by atoms with Crippen molar-refractivity contribution in [2.45, 2.75) is 34.6 Å². The molecule has 0 aliphatic carbocycles. The molecule has 5 heteroatoms. The number of aryl methyl sites for hydroxylation is 5. The van der Waals surface area contributed by atoms with E-state index in [-0.39, 0.29) is 17.2 Å². The predicted molar refractivity (Wildman–Crippen MR) is 136 cm³/mol. The lowest BCUT2D eigenvalue weighted by atomic mass is 10.0. The van der Waals surface area contributed by atoms with Crippen molar-refractivity contribution in [3.05, 3.63) is 94.5 Å². The molecule has 0 saturated heterocycles. The number of ether oxygens (including phenoxy) is 1. The fraction of sp³-hybridized carbons (Fsp3) is 0.172. The average molecular weight is 456 g/mol. The maximum Gasteiger partial charge on any atom is 0.169 e. The second-order valence-electron chi connectivity index (χ2n) is 8.75. The molecule has 4 rings (SSSR count). The monoisotopic (exact) mass is 455 g/mol. The summed E-state index contributed by atoms with van der Waals surface area (Å²) in [6, 6.07) is 20.1. The van der Waals surface area contributed by atoms with E-state index in [2.05, 4.69) is 0 Å². The first-order valence-corrected chi connectivity index (χ1v) is 11.1. The molecule has 34 heavy (non-hydrogen) atoms. The predicted octanol–water partition coefficient (Wildman–Crippen LogP) is 7.61. The first kappa shape index (κ1) is 23.1. The van der Waals surface area contributed by atoms with Gasteiger partial charge in [0.2, 0.25) is 0 Å². The third kappa shape index (κ3) is 4.50. The Labute approximate surface area is 200 Å². The number of hydrogen-bond donors (Lipinski definition) is 3. The molecule has 0 aromatic heterocycles. The van der Waals surface area contributed by atoms with Crippen LogP contribution in [0.5, 0.6) is 28.7 Å². The maximum atomic E-state index is 10.5. The summed E-state index contributed by atoms with van der Waals surface area (Å²) in [6.45, 7) is 9.66. The van der Waals surface area contributed by atoms with Crippen LogP contribution < -0.4 is 9.64 Å². The number of anilines is 3. The molecule has 0 aliphatic rings. The third-order valence-electron chi connectivity index (χ3n) is 5.95. The number of hydrogen-bond acceptors (Lipinski definition) is 5. The zero-order valence-electron chi connectivity index (χ0n) is 20.0. The summed E-state index contributed by atoms with van der Waals surface area (Å²) >= 11 is 0. The van der Waals surface area contributed by atoms with Crippen LogP contribution in [-0.2, 0) is 0 Å². The molecule has 174 valence electrons. The molecule has 4 aromatic rings. The number of phenolic OH excluding ortho intramolecular Hbond substituents is 3. The highest BCUT2D eigenvalue weighted by Crippen LogP contribution is 2.43. The highest BCUT2D eigenvalue weighted by atomic mass is 16.5. The fourth-order valence-corrected chi connectivity index (χ4v) is 4.04. The van der Waals surface area contributed by atoms with E-state index in [1.807, 2.05) is 82.0 Å². The molecular weight excluding hydrogens is 426 g/mol. The molecular formula is C29H29NO4. The summed E-state index contributed by atoms with van der Waals surface area (Å²) in [5.41, 5.74) is 7.00. The Balaban J connectivity index is 1.81. The normalized spacial score (nSPS) is 10.9. The van der Waals surface area contributed by atoms with E-state index in [1.165, 1.54) is 0 Å². The number of aromatic hydroxyl groups is 3. The first-order chi connectivity index (χ1) is 16.1. The van der Waals surface area contributed by atoms with Gasteiger partial charge in [0, 0.05) is 17.8 Å². The van der Waals surface area contributed by atoms with Gasteiger partial charge in [-0.1, -0.05) is 18.2 Å². The van der Waals surface area contributed by atoms with E-state index in [0.29, 0.717) is 11.5 Å². The smallest absolute Gasteiger partial charge is 0.169 e. The van der Waals surface area contributed by atoms with Gasteiger partial charge >= 0.3 is 0 Å². The molecule has 0 saturated carbocycles. The van der Waals surface area contributed by atoms with Crippen molar-refractivity contribution in [1.82, 2.24) is 0 Å². The lowest BCUT2D eigenvalue weighted by molar-refractivity contribution is 0.411. The topological polar surface area (TPSA) is 73.2 Å². The summed E-state index contributed by atoms with van der Waals surface area (Å²) in [5.74, 6) is 1.46. The molecule has 0 radical (unpaired) electrons. The van der Waals surface area contributed by atoms with Crippen LogP contribution in [-0.4, -0.2) is 15.3 Å². The van der Waals surface area contributed by atoms with Gasteiger partial charge in [-0.15, -0.1) is 0 Å². The molecule has 5 nitrogen and oxygen atoms in total. The second kappa shape index (κ2) is 9.02. The molecule has 4 aromatic carbocycles. The number of benzene rings is 4. The molecule has 0 unspecified atom stereocenters. The van der Waals surface area contributed by atoms with Crippen LogP contribution in [0.3, 0.4) is 0 Å². The van der Waals surface area contributed by atoms with Gasteiger partial charge in [0.05, 0.1) is 11.4 Å². The third-order valence-corrected chi connectivity index (χ3v) is 5.95. The summed E-state index contributed by atoms with van der Waals surface area (Å²) in [5, 5.41) is 31.1. The Morgan fingerprint density at radius 1 is 0.559 bits per heavy atom. The van der Waals surface area contributed by atoms with Crippen LogP contribution in [0.25, 0.3) is 0 Å². The maximum absolute atomic E-state index is 10.5. The zero-order chi connectivity index (χ0) is 24.6. The van der Waals surface area contributed by atoms with Crippen LogP contribution >= 0.6 is 0 Å². The second-order valence-corrected chi connectivity index (χ2v) is 8.75. The SMILES string of the molecule is Cc1ccc(O)c(Oc2ccc(N(c3cc(O)c(C)cc3C)c3cc(O)c(C)cc3C)cc2)c1. The van der Waals surface area contributed by atoms with Crippen LogP contribution in [0.4, 0.5) is 17.1 Å². The van der Waals surface area contributed by atoms with Gasteiger partial charge < -0.3 is 25.0 Å². The fourth-order valence-electron chi connectivity index (χ4n) is 4.04. The molecule has 0 amide bonds. The first-order valence-electron chi connectivity index (χ1n) is 11.1. The van der Waals surface area contributed by atoms with Gasteiger partial charge in [-0.2, -0.15) is 0 Å². The number of phenols is 3. The highest BCUT2D eigenvalue weighted by molar-refractivity contribution is 5.82. The number of rotatable bonds is 5. The van der Waals surface area contributed by atoms with Gasteiger partial charge in [-0.05, 0) is 98.8 Å². The van der Waals surface area contributed by atoms with E-state index in [9.17, 15) is 15.3 Å². The Bertz CT molecular complexity index is 1300. The van der Waals surface area contributed by atoms with Crippen molar-refractivity contribution < 1.29 is 20.1 Å². The lowest BCUT2D eigenvalue weighted by Gasteiger charge is -2.29. The van der Waals surface area contributed by atoms with Crippen LogP contribution in [0.2, 0.25) is 0 Å². The van der Waals surface area contributed by atoms with Crippen molar-refractivity contribution >= 4 is 17.1 Å². The van der Waals surface area contributed by atoms with Crippen LogP contribution in [0.1, 0.15) is 27.8 Å². The van der Waals surface area contributed by atoms with E-state index >= 15 is 0 Å². The largest absolute Gasteiger partial charge is 0.508 e. The van der Waals surface area contributed by atoms with Crippen molar-refractivity contribution in [2.75, 3.05) is 4.90 Å². The van der Waals surface area contributed by atoms with E-state index in [4.69, 9.17) is 4.74 Å². The molecule has 0 heterocycles. The summed E-state index contributed by atoms with van der Waals surface area (Å²) in [4.78, 5) is 2.01. The Morgan fingerprint density at radius 2 is 1.09 bits per heavy atom. The van der Waals surface area contributed by atoms with Gasteiger partial charge in [-0.25, -0.2) is 0 Å². The molecule has 0 bridgehead atoms. The van der Waals surface area contributed by atoms with Crippen molar-refractivity contribution in [2.24, 2.45) is 0 Å². The molecule has 3 N–H and O–H groups in total. The number of nitrogens with zero attached hydrogens (tertiary/aromatic N) is 1. The minimum Gasteiger partial charge on any atom is -0.508 e. The Hall–Kier alpha value is -4.12. The lowest BCUT2D eigenvalue weighted by Crippen LogP contribution is -2.13. The standard InChI is InChI=1S/C29H29NO4/c1-17-6-11-26(31)29(12-17)34-23-9-7-22(8-10-23)30(24-15-27(32)20(4)13-18(24)2)25-16-28(33)21(5)14-19(25)3/h6-16,31-33H,1-5H3. The molecule has 0 fully saturated rings. The molecule has 0 spiro atoms. The quantitative estimate of drug-likeness (QED) is 0.289. The minimum atomic E-state index is 0.0767. The Kier molecular flexibility index (Phi) is 6.12. The van der Waals surface area contributed by atoms with Crippen molar-refractivity contribution in [3.8, 4) is 28.7 Å². The van der Waals surface area contributed by atoms with Gasteiger partial charge in [-0.3, -0.25) is 0 Å². The van der Waals surface area contributed by atoms with Gasteiger partial charge in [0.25, 0.3) is 0 Å². The summed E-state index contributed by atoms with van der Waals surface area (Å²) < 4.78 is 5.90. The highest BCUT2D eigenvalue weighted by Gasteiger charge is 2.19. The minimum absolute atomic E-state index is 0.0767.